The van der Waals surface area contributed by atoms with E-state index in [1.165, 1.54) is 38.5 Å². The van der Waals surface area contributed by atoms with Gasteiger partial charge in [0.2, 0.25) is 0 Å². The second kappa shape index (κ2) is 6.33. The van der Waals surface area contributed by atoms with Crippen molar-refractivity contribution in [3.05, 3.63) is 0 Å². The summed E-state index contributed by atoms with van der Waals surface area (Å²) < 4.78 is 0.638. The molecule has 0 heterocycles. The van der Waals surface area contributed by atoms with Crippen LogP contribution in [0, 0.1) is 0 Å². The molecule has 0 aliphatic rings. The van der Waals surface area contributed by atoms with E-state index in [4.69, 9.17) is 0 Å². The summed E-state index contributed by atoms with van der Waals surface area (Å²) in [6.45, 7) is 7.00. The first kappa shape index (κ1) is 11.8. The maximum absolute atomic E-state index is 2.37. The summed E-state index contributed by atoms with van der Waals surface area (Å²) in [6.07, 6.45) is 8.56. The molecule has 0 N–H and O–H groups in total. The van der Waals surface area contributed by atoms with Crippen LogP contribution in [0.1, 0.15) is 59.3 Å². The van der Waals surface area contributed by atoms with Crippen LogP contribution < -0.4 is 0 Å². The van der Waals surface area contributed by atoms with Crippen molar-refractivity contribution in [2.24, 2.45) is 0 Å². The van der Waals surface area contributed by atoms with Gasteiger partial charge in [0.1, 0.15) is 0 Å². The Kier molecular flexibility index (Phi) is 6.79. The van der Waals surface area contributed by atoms with Crippen LogP contribution in [0.5, 0.6) is 0 Å². The Morgan fingerprint density at radius 2 is 1.55 bits per heavy atom. The number of unbranched alkanes of at least 4 members (excludes halogenated alkanes) is 4. The van der Waals surface area contributed by atoms with E-state index in [2.05, 4.69) is 20.8 Å². The Morgan fingerprint density at radius 1 is 1.00 bits per heavy atom. The molecular formula is C10H21Sn. The Labute approximate surface area is 85.2 Å². The summed E-state index contributed by atoms with van der Waals surface area (Å²) in [4.78, 5) is 0. The van der Waals surface area contributed by atoms with Gasteiger partial charge >= 0.3 is 85.3 Å². The molecule has 11 heavy (non-hydrogen) atoms. The van der Waals surface area contributed by atoms with Gasteiger partial charge in [-0.1, -0.05) is 0 Å². The molecule has 0 aromatic heterocycles. The van der Waals surface area contributed by atoms with Crippen LogP contribution in [-0.4, -0.2) is 22.5 Å². The zero-order chi connectivity index (χ0) is 8.74. The minimum absolute atomic E-state index is 0.638. The van der Waals surface area contributed by atoms with Crippen LogP contribution in [0.2, 0.25) is 3.43 Å². The third-order valence-electron chi connectivity index (χ3n) is 1.91. The second-order valence-corrected chi connectivity index (χ2v) is 7.91. The zero-order valence-electron chi connectivity index (χ0n) is 8.24. The summed E-state index contributed by atoms with van der Waals surface area (Å²) in [5.41, 5.74) is 0. The predicted octanol–water partition coefficient (Wildman–Crippen LogP) is 3.71. The molecule has 0 atom stereocenters. The molecule has 65 valence electrons. The Hall–Kier alpha value is 0.799. The third kappa shape index (κ3) is 10.8. The molecule has 0 amide bonds. The molecule has 0 bridgehead atoms. The Bertz CT molecular complexity index is 81.4. The third-order valence-corrected chi connectivity index (χ3v) is 2.62. The Morgan fingerprint density at radius 3 is 2.00 bits per heavy atom. The van der Waals surface area contributed by atoms with Crippen LogP contribution in [0.3, 0.4) is 0 Å². The van der Waals surface area contributed by atoms with Gasteiger partial charge in [-0.05, 0) is 0 Å². The molecule has 0 rings (SSSR count). The predicted molar refractivity (Wildman–Crippen MR) is 53.2 cm³/mol. The first-order chi connectivity index (χ1) is 5.06. The van der Waals surface area contributed by atoms with Crippen molar-refractivity contribution in [2.75, 3.05) is 0 Å². The molecule has 0 saturated carbocycles. The summed E-state index contributed by atoms with van der Waals surface area (Å²) in [7, 11) is 0. The van der Waals surface area contributed by atoms with Gasteiger partial charge in [-0.3, -0.25) is 0 Å². The average Bonchev–Trinajstić information content (AvgIpc) is 1.85. The van der Waals surface area contributed by atoms with Crippen molar-refractivity contribution in [3.8, 4) is 0 Å². The minimum atomic E-state index is 0.638. The fourth-order valence-electron chi connectivity index (χ4n) is 1.17. The molecule has 0 saturated heterocycles. The van der Waals surface area contributed by atoms with E-state index in [1.807, 2.05) is 0 Å². The summed E-state index contributed by atoms with van der Waals surface area (Å²) in [5, 5.41) is 0. The summed E-state index contributed by atoms with van der Waals surface area (Å²) in [6, 6.07) is 0. The molecule has 0 aliphatic carbocycles. The van der Waals surface area contributed by atoms with Gasteiger partial charge in [-0.25, -0.2) is 0 Å². The van der Waals surface area contributed by atoms with Crippen LogP contribution in [0.4, 0.5) is 0 Å². The molecule has 0 aromatic carbocycles. The monoisotopic (exact) mass is 261 g/mol. The van der Waals surface area contributed by atoms with Gasteiger partial charge in [-0.2, -0.15) is 0 Å². The van der Waals surface area contributed by atoms with E-state index < -0.39 is 0 Å². The van der Waals surface area contributed by atoms with Crippen molar-refractivity contribution in [1.82, 2.24) is 0 Å². The number of rotatable bonds is 6. The molecule has 0 aliphatic heterocycles. The van der Waals surface area contributed by atoms with Gasteiger partial charge in [0, 0.05) is 0 Å². The SMILES string of the molecule is CCCCCCC[C](C)(C)[Sn]. The quantitative estimate of drug-likeness (QED) is 0.504. The summed E-state index contributed by atoms with van der Waals surface area (Å²) in [5.74, 6) is 0. The molecule has 3 radical (unpaired) electrons. The zero-order valence-corrected chi connectivity index (χ0v) is 11.1. The first-order valence-corrected chi connectivity index (χ1v) is 6.24. The van der Waals surface area contributed by atoms with Crippen LogP contribution >= 0.6 is 0 Å². The fraction of sp³-hybridized carbons (Fsp3) is 1.00. The number of hydrogen-bond acceptors (Lipinski definition) is 0. The first-order valence-electron chi connectivity index (χ1n) is 4.81. The van der Waals surface area contributed by atoms with Gasteiger partial charge in [-0.15, -0.1) is 0 Å². The van der Waals surface area contributed by atoms with Crippen LogP contribution in [0.25, 0.3) is 0 Å². The van der Waals surface area contributed by atoms with Gasteiger partial charge in [0.15, 0.2) is 0 Å². The van der Waals surface area contributed by atoms with E-state index in [-0.39, 0.29) is 0 Å². The number of hydrogen-bond donors (Lipinski definition) is 0. The van der Waals surface area contributed by atoms with E-state index >= 15 is 0 Å². The van der Waals surface area contributed by atoms with Crippen molar-refractivity contribution in [2.45, 2.75) is 62.7 Å². The van der Waals surface area contributed by atoms with Gasteiger partial charge < -0.3 is 0 Å². The fourth-order valence-corrected chi connectivity index (χ4v) is 1.68. The van der Waals surface area contributed by atoms with E-state index in [1.54, 1.807) is 22.5 Å². The molecule has 0 nitrogen and oxygen atoms in total. The standard InChI is InChI=1S/C10H21.Sn/c1-4-5-6-7-8-9-10(2)3;/h4-9H2,1-3H3;. The molecule has 1 heteroatoms. The molecular weight excluding hydrogens is 239 g/mol. The van der Waals surface area contributed by atoms with E-state index in [0.717, 1.165) is 0 Å². The summed E-state index contributed by atoms with van der Waals surface area (Å²) >= 11 is 1.69. The molecule has 0 aromatic rings. The average molecular weight is 260 g/mol. The van der Waals surface area contributed by atoms with Gasteiger partial charge in [0.25, 0.3) is 0 Å². The van der Waals surface area contributed by atoms with Crippen molar-refractivity contribution in [3.63, 3.8) is 0 Å². The molecule has 0 unspecified atom stereocenters. The van der Waals surface area contributed by atoms with E-state index in [9.17, 15) is 0 Å². The second-order valence-electron chi connectivity index (χ2n) is 4.05. The van der Waals surface area contributed by atoms with Gasteiger partial charge in [0.05, 0.1) is 0 Å². The van der Waals surface area contributed by atoms with Crippen molar-refractivity contribution >= 4 is 22.5 Å². The van der Waals surface area contributed by atoms with E-state index in [0.29, 0.717) is 3.43 Å². The molecule has 0 spiro atoms. The van der Waals surface area contributed by atoms with Crippen molar-refractivity contribution < 1.29 is 0 Å². The maximum atomic E-state index is 2.37. The normalized spacial score (nSPS) is 12.0. The van der Waals surface area contributed by atoms with Crippen molar-refractivity contribution in [1.29, 1.82) is 0 Å². The van der Waals surface area contributed by atoms with Crippen LogP contribution in [-0.2, 0) is 0 Å². The Balaban J connectivity index is 3.02. The topological polar surface area (TPSA) is 0 Å². The molecule has 0 fully saturated rings. The van der Waals surface area contributed by atoms with Crippen LogP contribution in [0.15, 0.2) is 0 Å².